The van der Waals surface area contributed by atoms with Gasteiger partial charge in [-0.25, -0.2) is 4.98 Å². The lowest BCUT2D eigenvalue weighted by Crippen LogP contribution is -2.30. The number of nitrogens with one attached hydrogen (secondary N) is 1. The molecule has 38 heavy (non-hydrogen) atoms. The van der Waals surface area contributed by atoms with E-state index in [4.69, 9.17) is 4.74 Å². The first-order valence-electron chi connectivity index (χ1n) is 11.2. The fourth-order valence-corrected chi connectivity index (χ4v) is 4.62. The summed E-state index contributed by atoms with van der Waals surface area (Å²) in [4.78, 5) is 21.2. The van der Waals surface area contributed by atoms with Gasteiger partial charge in [0.25, 0.3) is 5.56 Å². The number of aromatic amines is 1. The van der Waals surface area contributed by atoms with Crippen molar-refractivity contribution in [3.63, 3.8) is 0 Å². The number of aryl methyl sites for hydroxylation is 1. The number of imidazole rings is 1. The lowest BCUT2D eigenvalue weighted by atomic mass is 10.1. The summed E-state index contributed by atoms with van der Waals surface area (Å²) >= 11 is 0. The van der Waals surface area contributed by atoms with Crippen molar-refractivity contribution >= 4 is 32.1 Å². The highest BCUT2D eigenvalue weighted by Gasteiger charge is 2.49. The van der Waals surface area contributed by atoms with Gasteiger partial charge in [0.1, 0.15) is 17.1 Å². The van der Waals surface area contributed by atoms with E-state index in [2.05, 4.69) is 14.2 Å². The van der Waals surface area contributed by atoms with Crippen LogP contribution in [0.2, 0.25) is 0 Å². The van der Waals surface area contributed by atoms with Gasteiger partial charge >= 0.3 is 15.6 Å². The van der Waals surface area contributed by atoms with E-state index in [1.807, 2.05) is 0 Å². The van der Waals surface area contributed by atoms with Crippen LogP contribution in [0.1, 0.15) is 11.1 Å². The van der Waals surface area contributed by atoms with Gasteiger partial charge < -0.3 is 18.5 Å². The summed E-state index contributed by atoms with van der Waals surface area (Å²) in [6, 6.07) is 18.3. The Morgan fingerprint density at radius 2 is 1.74 bits per heavy atom. The summed E-state index contributed by atoms with van der Waals surface area (Å²) < 4.78 is 75.7. The number of para-hydroxylation sites is 2. The molecule has 2 heterocycles. The Morgan fingerprint density at radius 1 is 1.03 bits per heavy atom. The lowest BCUT2D eigenvalue weighted by Gasteiger charge is -2.18. The highest BCUT2D eigenvalue weighted by atomic mass is 32.2. The largest absolute Gasteiger partial charge is 0.534 e. The quantitative estimate of drug-likeness (QED) is 0.235. The molecule has 196 valence electrons. The molecule has 2 aromatic heterocycles. The number of aromatic nitrogens is 3. The number of nitrogens with zero attached hydrogens (tertiary/aromatic N) is 2. The zero-order valence-electron chi connectivity index (χ0n) is 20.0. The molecule has 0 saturated heterocycles. The number of ether oxygens (including phenoxy) is 1. The first-order chi connectivity index (χ1) is 18.0. The zero-order chi connectivity index (χ0) is 27.2. The number of pyridine rings is 1. The van der Waals surface area contributed by atoms with E-state index in [1.165, 1.54) is 23.8 Å². The van der Waals surface area contributed by atoms with Gasteiger partial charge in [-0.2, -0.15) is 21.6 Å². The SMILES string of the molecule is COc1ccc(Cn2c(=O)c(-c3nc4ccccc4[nH]3)c(OS(=O)(=O)C(F)(F)F)c3cc(C)ccc32)cc1. The third-order valence-corrected chi connectivity index (χ3v) is 6.93. The van der Waals surface area contributed by atoms with E-state index in [9.17, 15) is 26.4 Å². The van der Waals surface area contributed by atoms with Crippen molar-refractivity contribution in [3.8, 4) is 22.9 Å². The van der Waals surface area contributed by atoms with Gasteiger partial charge in [0.2, 0.25) is 0 Å². The molecule has 0 unspecified atom stereocenters. The maximum atomic E-state index is 14.0. The van der Waals surface area contributed by atoms with Gasteiger partial charge in [-0.15, -0.1) is 0 Å². The highest BCUT2D eigenvalue weighted by molar-refractivity contribution is 7.88. The number of hydrogen-bond acceptors (Lipinski definition) is 6. The Hall–Kier alpha value is -4.32. The van der Waals surface area contributed by atoms with E-state index in [-0.39, 0.29) is 23.3 Å². The van der Waals surface area contributed by atoms with E-state index in [0.29, 0.717) is 27.9 Å². The van der Waals surface area contributed by atoms with Crippen LogP contribution in [0.15, 0.2) is 71.5 Å². The predicted molar refractivity (Wildman–Crippen MR) is 136 cm³/mol. The standard InChI is InChI=1S/C26H20F3N3O5S/c1-15-7-12-21-18(13-15)23(37-38(34,35)26(27,28)29)22(24-30-19-5-3-4-6-20(19)31-24)25(33)32(21)14-16-8-10-17(36-2)11-9-16/h3-13H,14H2,1-2H3,(H,30,31). The molecule has 0 radical (unpaired) electrons. The third-order valence-electron chi connectivity index (χ3n) is 5.98. The minimum atomic E-state index is -6.12. The normalized spacial score (nSPS) is 12.2. The van der Waals surface area contributed by atoms with E-state index < -0.39 is 32.5 Å². The number of alkyl halides is 3. The molecule has 0 spiro atoms. The molecule has 1 N–H and O–H groups in total. The average molecular weight is 544 g/mol. The summed E-state index contributed by atoms with van der Waals surface area (Å²) in [5, 5.41) is 0.00129. The molecule has 12 heteroatoms. The van der Waals surface area contributed by atoms with Crippen molar-refractivity contribution in [2.45, 2.75) is 19.0 Å². The first kappa shape index (κ1) is 25.3. The van der Waals surface area contributed by atoms with Crippen LogP contribution < -0.4 is 14.5 Å². The van der Waals surface area contributed by atoms with Gasteiger partial charge in [0.15, 0.2) is 5.75 Å². The molecule has 0 aliphatic rings. The third kappa shape index (κ3) is 4.47. The second kappa shape index (κ2) is 9.21. The molecule has 5 aromatic rings. The summed E-state index contributed by atoms with van der Waals surface area (Å²) in [7, 11) is -4.60. The lowest BCUT2D eigenvalue weighted by molar-refractivity contribution is -0.0499. The van der Waals surface area contributed by atoms with Crippen LogP contribution in [0.25, 0.3) is 33.3 Å². The number of hydrogen-bond donors (Lipinski definition) is 1. The van der Waals surface area contributed by atoms with E-state index in [0.717, 1.165) is 0 Å². The smallest absolute Gasteiger partial charge is 0.497 e. The minimum Gasteiger partial charge on any atom is -0.497 e. The van der Waals surface area contributed by atoms with Gasteiger partial charge in [0, 0.05) is 5.39 Å². The van der Waals surface area contributed by atoms with Crippen molar-refractivity contribution in [1.82, 2.24) is 14.5 Å². The van der Waals surface area contributed by atoms with Crippen LogP contribution in [-0.4, -0.2) is 35.6 Å². The average Bonchev–Trinajstić information content (AvgIpc) is 3.30. The molecule has 0 aliphatic carbocycles. The predicted octanol–water partition coefficient (Wildman–Crippen LogP) is 5.14. The zero-order valence-corrected chi connectivity index (χ0v) is 20.9. The molecular weight excluding hydrogens is 523 g/mol. The first-order valence-corrected chi connectivity index (χ1v) is 12.7. The van der Waals surface area contributed by atoms with Gasteiger partial charge in [0.05, 0.1) is 30.2 Å². The molecule has 5 rings (SSSR count). The molecule has 0 amide bonds. The van der Waals surface area contributed by atoms with Crippen LogP contribution in [0.3, 0.4) is 0 Å². The highest BCUT2D eigenvalue weighted by Crippen LogP contribution is 2.38. The minimum absolute atomic E-state index is 0.00129. The maximum Gasteiger partial charge on any atom is 0.534 e. The molecule has 0 bridgehead atoms. The fourth-order valence-electron chi connectivity index (χ4n) is 4.14. The molecule has 0 fully saturated rings. The number of rotatable bonds is 6. The summed E-state index contributed by atoms with van der Waals surface area (Å²) in [6.07, 6.45) is 0. The molecule has 0 atom stereocenters. The Morgan fingerprint density at radius 3 is 2.39 bits per heavy atom. The number of methoxy groups -OCH3 is 1. The number of benzene rings is 3. The van der Waals surface area contributed by atoms with Gasteiger partial charge in [-0.3, -0.25) is 4.79 Å². The Kier molecular flexibility index (Phi) is 6.14. The number of H-pyrrole nitrogens is 1. The molecule has 0 saturated carbocycles. The number of halogens is 3. The van der Waals surface area contributed by atoms with Crippen molar-refractivity contribution in [2.75, 3.05) is 7.11 Å². The van der Waals surface area contributed by atoms with E-state index >= 15 is 0 Å². The maximum absolute atomic E-state index is 14.0. The van der Waals surface area contributed by atoms with Crippen molar-refractivity contribution < 1.29 is 30.5 Å². The Bertz CT molecular complexity index is 1810. The van der Waals surface area contributed by atoms with Gasteiger partial charge in [-0.05, 0) is 48.9 Å². The van der Waals surface area contributed by atoms with Crippen molar-refractivity contribution in [1.29, 1.82) is 0 Å². The van der Waals surface area contributed by atoms with Gasteiger partial charge in [-0.1, -0.05) is 35.9 Å². The second-order valence-corrected chi connectivity index (χ2v) is 10.1. The fraction of sp³-hybridized carbons (Fsp3) is 0.154. The molecule has 0 aliphatic heterocycles. The van der Waals surface area contributed by atoms with Crippen LogP contribution in [0.4, 0.5) is 13.2 Å². The monoisotopic (exact) mass is 543 g/mol. The number of fused-ring (bicyclic) bond motifs is 2. The Balaban J connectivity index is 1.84. The topological polar surface area (TPSA) is 103 Å². The second-order valence-electron chi connectivity index (χ2n) is 8.55. The Labute approximate surface area is 214 Å². The summed E-state index contributed by atoms with van der Waals surface area (Å²) in [5.41, 5.74) is -4.53. The van der Waals surface area contributed by atoms with Crippen LogP contribution in [0, 0.1) is 6.92 Å². The van der Waals surface area contributed by atoms with E-state index in [1.54, 1.807) is 61.5 Å². The van der Waals surface area contributed by atoms with Crippen LogP contribution >= 0.6 is 0 Å². The van der Waals surface area contributed by atoms with Crippen molar-refractivity contribution in [2.24, 2.45) is 0 Å². The summed E-state index contributed by atoms with van der Waals surface area (Å²) in [5.74, 6) is -0.280. The molecule has 8 nitrogen and oxygen atoms in total. The van der Waals surface area contributed by atoms with Crippen molar-refractivity contribution in [3.05, 3.63) is 88.2 Å². The molecule has 3 aromatic carbocycles. The summed E-state index contributed by atoms with van der Waals surface area (Å²) in [6.45, 7) is 1.71. The van der Waals surface area contributed by atoms with Crippen LogP contribution in [-0.2, 0) is 16.7 Å². The molecular formula is C26H20F3N3O5S. The van der Waals surface area contributed by atoms with Crippen LogP contribution in [0.5, 0.6) is 11.5 Å².